The maximum absolute atomic E-state index is 14.1. The summed E-state index contributed by atoms with van der Waals surface area (Å²) in [6, 6.07) is 17.3. The Kier molecular flexibility index (Phi) is 5.60. The van der Waals surface area contributed by atoms with Crippen LogP contribution >= 0.6 is 0 Å². The van der Waals surface area contributed by atoms with Crippen LogP contribution in [0.1, 0.15) is 18.2 Å². The third kappa shape index (κ3) is 4.47. The summed E-state index contributed by atoms with van der Waals surface area (Å²) in [7, 11) is 0. The maximum atomic E-state index is 14.1. The second-order valence-electron chi connectivity index (χ2n) is 7.29. The average molecular weight is 391 g/mol. The van der Waals surface area contributed by atoms with E-state index in [1.807, 2.05) is 25.1 Å². The number of para-hydroxylation sites is 1. The molecule has 0 bridgehead atoms. The van der Waals surface area contributed by atoms with Crippen molar-refractivity contribution in [3.05, 3.63) is 71.7 Å². The SMILES string of the molecule is CCc1ccc(Nc2nc(C)cc(N3CCN(c4ccccc4F)CC3)n2)cc1. The smallest absolute Gasteiger partial charge is 0.229 e. The Morgan fingerprint density at radius 1 is 0.931 bits per heavy atom. The quantitative estimate of drug-likeness (QED) is 0.691. The van der Waals surface area contributed by atoms with E-state index in [1.165, 1.54) is 11.6 Å². The lowest BCUT2D eigenvalue weighted by atomic mass is 10.1. The Morgan fingerprint density at radius 3 is 2.31 bits per heavy atom. The molecule has 3 aromatic rings. The molecule has 6 heteroatoms. The number of rotatable bonds is 5. The third-order valence-corrected chi connectivity index (χ3v) is 5.26. The van der Waals surface area contributed by atoms with Crippen LogP contribution in [0.3, 0.4) is 0 Å². The number of halogens is 1. The molecule has 1 aromatic heterocycles. The van der Waals surface area contributed by atoms with Crippen LogP contribution in [0.2, 0.25) is 0 Å². The molecule has 4 rings (SSSR count). The molecule has 29 heavy (non-hydrogen) atoms. The zero-order valence-corrected chi connectivity index (χ0v) is 16.9. The van der Waals surface area contributed by atoms with Crippen LogP contribution in [0.15, 0.2) is 54.6 Å². The molecule has 0 radical (unpaired) electrons. The summed E-state index contributed by atoms with van der Waals surface area (Å²) < 4.78 is 14.1. The van der Waals surface area contributed by atoms with Crippen LogP contribution in [0.25, 0.3) is 0 Å². The monoisotopic (exact) mass is 391 g/mol. The lowest BCUT2D eigenvalue weighted by Crippen LogP contribution is -2.47. The highest BCUT2D eigenvalue weighted by Crippen LogP contribution is 2.23. The predicted molar refractivity (Wildman–Crippen MR) is 117 cm³/mol. The number of nitrogens with zero attached hydrogens (tertiary/aromatic N) is 4. The van der Waals surface area contributed by atoms with Gasteiger partial charge in [-0.05, 0) is 43.2 Å². The van der Waals surface area contributed by atoms with Crippen molar-refractivity contribution in [2.24, 2.45) is 0 Å². The molecule has 1 aliphatic heterocycles. The fourth-order valence-corrected chi connectivity index (χ4v) is 3.61. The lowest BCUT2D eigenvalue weighted by molar-refractivity contribution is 0.596. The zero-order chi connectivity index (χ0) is 20.2. The van der Waals surface area contributed by atoms with Gasteiger partial charge in [0, 0.05) is 43.6 Å². The Balaban J connectivity index is 1.46. The molecule has 0 amide bonds. The van der Waals surface area contributed by atoms with Crippen LogP contribution in [0.5, 0.6) is 0 Å². The van der Waals surface area contributed by atoms with E-state index in [0.717, 1.165) is 49.8 Å². The largest absolute Gasteiger partial charge is 0.366 e. The van der Waals surface area contributed by atoms with Crippen molar-refractivity contribution in [2.45, 2.75) is 20.3 Å². The van der Waals surface area contributed by atoms with Gasteiger partial charge < -0.3 is 15.1 Å². The van der Waals surface area contributed by atoms with Crippen molar-refractivity contribution in [2.75, 3.05) is 41.3 Å². The van der Waals surface area contributed by atoms with Gasteiger partial charge in [-0.15, -0.1) is 0 Å². The van der Waals surface area contributed by atoms with Gasteiger partial charge in [-0.3, -0.25) is 0 Å². The second kappa shape index (κ2) is 8.47. The van der Waals surface area contributed by atoms with E-state index in [1.54, 1.807) is 6.07 Å². The molecular formula is C23H26FN5. The Labute approximate surface area is 171 Å². The first kappa shape index (κ1) is 19.2. The maximum Gasteiger partial charge on any atom is 0.229 e. The van der Waals surface area contributed by atoms with Gasteiger partial charge >= 0.3 is 0 Å². The van der Waals surface area contributed by atoms with E-state index in [0.29, 0.717) is 11.6 Å². The van der Waals surface area contributed by atoms with Crippen LogP contribution < -0.4 is 15.1 Å². The molecule has 0 spiro atoms. The fraction of sp³-hybridized carbons (Fsp3) is 0.304. The van der Waals surface area contributed by atoms with Crippen molar-refractivity contribution in [1.82, 2.24) is 9.97 Å². The summed E-state index contributed by atoms with van der Waals surface area (Å²) >= 11 is 0. The van der Waals surface area contributed by atoms with Gasteiger partial charge in [0.25, 0.3) is 0 Å². The molecule has 0 unspecified atom stereocenters. The number of piperazine rings is 1. The highest BCUT2D eigenvalue weighted by atomic mass is 19.1. The van der Waals surface area contributed by atoms with E-state index in [-0.39, 0.29) is 5.82 Å². The summed E-state index contributed by atoms with van der Waals surface area (Å²) in [5, 5.41) is 3.31. The highest BCUT2D eigenvalue weighted by molar-refractivity contribution is 5.57. The number of anilines is 4. The second-order valence-corrected chi connectivity index (χ2v) is 7.29. The van der Waals surface area contributed by atoms with Crippen molar-refractivity contribution < 1.29 is 4.39 Å². The van der Waals surface area contributed by atoms with E-state index in [9.17, 15) is 4.39 Å². The summed E-state index contributed by atoms with van der Waals surface area (Å²) in [4.78, 5) is 13.6. The minimum atomic E-state index is -0.167. The Bertz CT molecular complexity index is 965. The standard InChI is InChI=1S/C23H26FN5/c1-3-18-8-10-19(11-9-18)26-23-25-17(2)16-22(27-23)29-14-12-28(13-15-29)21-7-5-4-6-20(21)24/h4-11,16H,3,12-15H2,1-2H3,(H,25,26,27). The van der Waals surface area contributed by atoms with Crippen molar-refractivity contribution in [1.29, 1.82) is 0 Å². The van der Waals surface area contributed by atoms with Crippen molar-refractivity contribution >= 4 is 23.1 Å². The molecule has 0 saturated carbocycles. The van der Waals surface area contributed by atoms with Gasteiger partial charge in [0.05, 0.1) is 5.69 Å². The van der Waals surface area contributed by atoms with Gasteiger partial charge in [0.15, 0.2) is 0 Å². The van der Waals surface area contributed by atoms with Crippen molar-refractivity contribution in [3.8, 4) is 0 Å². The van der Waals surface area contributed by atoms with Crippen molar-refractivity contribution in [3.63, 3.8) is 0 Å². The molecule has 2 aromatic carbocycles. The molecule has 2 heterocycles. The molecule has 150 valence electrons. The van der Waals surface area contributed by atoms with E-state index < -0.39 is 0 Å². The average Bonchev–Trinajstić information content (AvgIpc) is 2.74. The number of aromatic nitrogens is 2. The Morgan fingerprint density at radius 2 is 1.62 bits per heavy atom. The van der Waals surface area contributed by atoms with E-state index >= 15 is 0 Å². The summed E-state index contributed by atoms with van der Waals surface area (Å²) in [5.41, 5.74) is 3.86. The predicted octanol–water partition coefficient (Wildman–Crippen LogP) is 4.56. The fourth-order valence-electron chi connectivity index (χ4n) is 3.61. The van der Waals surface area contributed by atoms with E-state index in [4.69, 9.17) is 4.98 Å². The first-order valence-electron chi connectivity index (χ1n) is 10.1. The molecule has 1 fully saturated rings. The van der Waals surface area contributed by atoms with Gasteiger partial charge in [-0.25, -0.2) is 9.37 Å². The van der Waals surface area contributed by atoms with Crippen LogP contribution in [-0.4, -0.2) is 36.1 Å². The van der Waals surface area contributed by atoms with E-state index in [2.05, 4.69) is 51.3 Å². The third-order valence-electron chi connectivity index (χ3n) is 5.26. The van der Waals surface area contributed by atoms with Gasteiger partial charge in [-0.2, -0.15) is 4.98 Å². The summed E-state index contributed by atoms with van der Waals surface area (Å²) in [6.07, 6.45) is 1.02. The topological polar surface area (TPSA) is 44.3 Å². The lowest BCUT2D eigenvalue weighted by Gasteiger charge is -2.37. The number of benzene rings is 2. The van der Waals surface area contributed by atoms with Crippen LogP contribution in [-0.2, 0) is 6.42 Å². The number of hydrogen-bond donors (Lipinski definition) is 1. The normalized spacial score (nSPS) is 14.2. The minimum Gasteiger partial charge on any atom is -0.366 e. The van der Waals surface area contributed by atoms with Crippen LogP contribution in [0, 0.1) is 12.7 Å². The molecule has 1 aliphatic rings. The van der Waals surface area contributed by atoms with Gasteiger partial charge in [0.2, 0.25) is 5.95 Å². The number of hydrogen-bond acceptors (Lipinski definition) is 5. The molecule has 0 atom stereocenters. The molecule has 1 N–H and O–H groups in total. The Hall–Kier alpha value is -3.15. The molecule has 5 nitrogen and oxygen atoms in total. The first-order chi connectivity index (χ1) is 14.1. The highest BCUT2D eigenvalue weighted by Gasteiger charge is 2.21. The first-order valence-corrected chi connectivity index (χ1v) is 10.1. The number of aryl methyl sites for hydroxylation is 2. The summed E-state index contributed by atoms with van der Waals surface area (Å²) in [5.74, 6) is 1.33. The minimum absolute atomic E-state index is 0.167. The molecule has 0 aliphatic carbocycles. The van der Waals surface area contributed by atoms with Gasteiger partial charge in [-0.1, -0.05) is 31.2 Å². The molecular weight excluding hydrogens is 365 g/mol. The zero-order valence-electron chi connectivity index (χ0n) is 16.9. The summed E-state index contributed by atoms with van der Waals surface area (Å²) in [6.45, 7) is 7.21. The van der Waals surface area contributed by atoms with Gasteiger partial charge in [0.1, 0.15) is 11.6 Å². The molecule has 1 saturated heterocycles. The van der Waals surface area contributed by atoms with Crippen LogP contribution in [0.4, 0.5) is 27.5 Å². The number of nitrogens with one attached hydrogen (secondary N) is 1.